The van der Waals surface area contributed by atoms with Gasteiger partial charge in [-0.1, -0.05) is 36.4 Å². The van der Waals surface area contributed by atoms with E-state index < -0.39 is 9.04 Å². The zero-order valence-electron chi connectivity index (χ0n) is 16.1. The number of hydrogen-bond acceptors (Lipinski definition) is 3. The van der Waals surface area contributed by atoms with Crippen molar-refractivity contribution in [3.63, 3.8) is 0 Å². The normalized spacial score (nSPS) is 11.8. The van der Waals surface area contributed by atoms with Gasteiger partial charge < -0.3 is 4.43 Å². The topological polar surface area (TPSA) is 21.6 Å². The predicted octanol–water partition coefficient (Wildman–Crippen LogP) is 6.01. The fourth-order valence-corrected chi connectivity index (χ4v) is 4.27. The van der Waals surface area contributed by atoms with Gasteiger partial charge in [0.1, 0.15) is 11.4 Å². The number of aryl methyl sites for hydroxylation is 2. The molecule has 0 saturated heterocycles. The summed E-state index contributed by atoms with van der Waals surface area (Å²) in [6.07, 6.45) is 0. The fraction of sp³-hybridized carbons (Fsp3) is 0.190. The first-order valence-electron chi connectivity index (χ1n) is 8.50. The van der Waals surface area contributed by atoms with Crippen molar-refractivity contribution in [2.45, 2.75) is 26.9 Å². The fourth-order valence-electron chi connectivity index (χ4n) is 2.64. The summed E-state index contributed by atoms with van der Waals surface area (Å²) < 4.78 is 6.15. The molecule has 0 spiro atoms. The van der Waals surface area contributed by atoms with Gasteiger partial charge in [0.25, 0.3) is 0 Å². The molecule has 0 aliphatic heterocycles. The lowest BCUT2D eigenvalue weighted by Crippen LogP contribution is -2.11. The second-order valence-corrected chi connectivity index (χ2v) is 9.65. The van der Waals surface area contributed by atoms with E-state index in [0.29, 0.717) is 0 Å². The predicted molar refractivity (Wildman–Crippen MR) is 113 cm³/mol. The Morgan fingerprint density at radius 1 is 1.04 bits per heavy atom. The Hall–Kier alpha value is -2.17. The highest BCUT2D eigenvalue weighted by molar-refractivity contribution is 7.12. The van der Waals surface area contributed by atoms with E-state index in [0.717, 1.165) is 22.7 Å². The third-order valence-electron chi connectivity index (χ3n) is 3.83. The molecule has 25 heavy (non-hydrogen) atoms. The highest BCUT2D eigenvalue weighted by Gasteiger charge is 2.14. The lowest BCUT2D eigenvalue weighted by Gasteiger charge is -2.14. The van der Waals surface area contributed by atoms with Crippen molar-refractivity contribution in [2.24, 2.45) is 4.99 Å². The molecule has 0 bridgehead atoms. The molecule has 2 aromatic carbocycles. The first-order valence-corrected chi connectivity index (χ1v) is 12.2. The maximum atomic E-state index is 6.15. The molecule has 0 aliphatic carbocycles. The van der Waals surface area contributed by atoms with E-state index in [4.69, 9.17) is 9.42 Å². The molecule has 0 radical (unpaired) electrons. The van der Waals surface area contributed by atoms with Gasteiger partial charge in [-0.05, 0) is 61.6 Å². The molecule has 0 atom stereocenters. The minimum atomic E-state index is -1.20. The Bertz CT molecular complexity index is 890. The van der Waals surface area contributed by atoms with Gasteiger partial charge in [-0.3, -0.25) is 0 Å². The molecule has 128 valence electrons. The first-order chi connectivity index (χ1) is 12.0. The lowest BCUT2D eigenvalue weighted by molar-refractivity contribution is 0.581. The highest BCUT2D eigenvalue weighted by Crippen LogP contribution is 2.32. The van der Waals surface area contributed by atoms with Gasteiger partial charge in [0, 0.05) is 5.56 Å². The average molecular weight is 367 g/mol. The SMILES string of the molecule is Cc1ccc(N=C(c2ccccc2)c2sccc2C)c(O[SiH](C)C)c1.[H+]. The highest BCUT2D eigenvalue weighted by atomic mass is 32.1. The first kappa shape index (κ1) is 17.6. The van der Waals surface area contributed by atoms with E-state index in [1.54, 1.807) is 11.3 Å². The molecular formula is C21H24NOSSi+. The Morgan fingerprint density at radius 2 is 1.80 bits per heavy atom. The van der Waals surface area contributed by atoms with Gasteiger partial charge in [-0.25, -0.2) is 4.99 Å². The molecule has 1 heterocycles. The molecule has 3 rings (SSSR count). The molecular weight excluding hydrogens is 342 g/mol. The summed E-state index contributed by atoms with van der Waals surface area (Å²) in [6, 6.07) is 18.8. The molecule has 0 amide bonds. The number of nitrogens with zero attached hydrogens (tertiary/aromatic N) is 1. The molecule has 1 aromatic heterocycles. The van der Waals surface area contributed by atoms with Gasteiger partial charge in [0.05, 0.1) is 10.6 Å². The van der Waals surface area contributed by atoms with Crippen molar-refractivity contribution in [1.82, 2.24) is 0 Å². The molecule has 3 aromatic rings. The molecule has 0 saturated carbocycles. The standard InChI is InChI=1S/C21H23NOSSi/c1-15-10-11-18(19(14-15)23-25(3)4)22-20(17-8-6-5-7-9-17)21-16(2)12-13-24-21/h5-14,25H,1-4H3/p+1. The summed E-state index contributed by atoms with van der Waals surface area (Å²) in [5.74, 6) is 0.893. The van der Waals surface area contributed by atoms with Crippen molar-refractivity contribution in [2.75, 3.05) is 0 Å². The quantitative estimate of drug-likeness (QED) is 0.400. The van der Waals surface area contributed by atoms with Crippen LogP contribution in [0.4, 0.5) is 5.69 Å². The minimum absolute atomic E-state index is 0. The number of benzene rings is 2. The van der Waals surface area contributed by atoms with E-state index >= 15 is 0 Å². The van der Waals surface area contributed by atoms with Crippen LogP contribution in [0.15, 0.2) is 65.0 Å². The van der Waals surface area contributed by atoms with E-state index in [-0.39, 0.29) is 1.43 Å². The summed E-state index contributed by atoms with van der Waals surface area (Å²) in [4.78, 5) is 6.26. The molecule has 0 fully saturated rings. The Kier molecular flexibility index (Phi) is 5.51. The molecule has 0 unspecified atom stereocenters. The van der Waals surface area contributed by atoms with Crippen molar-refractivity contribution in [1.29, 1.82) is 0 Å². The Morgan fingerprint density at radius 3 is 2.44 bits per heavy atom. The average Bonchev–Trinajstić information content (AvgIpc) is 3.00. The number of hydrogen-bond donors (Lipinski definition) is 0. The van der Waals surface area contributed by atoms with Crippen LogP contribution in [0.3, 0.4) is 0 Å². The van der Waals surface area contributed by atoms with Gasteiger partial charge >= 0.3 is 1.43 Å². The molecule has 2 nitrogen and oxygen atoms in total. The summed E-state index contributed by atoms with van der Waals surface area (Å²) in [6.45, 7) is 8.58. The Labute approximate surface area is 157 Å². The summed E-state index contributed by atoms with van der Waals surface area (Å²) >= 11 is 1.73. The maximum absolute atomic E-state index is 6.15. The zero-order valence-corrected chi connectivity index (χ0v) is 17.1. The van der Waals surface area contributed by atoms with E-state index in [1.165, 1.54) is 16.0 Å². The van der Waals surface area contributed by atoms with Crippen LogP contribution in [0.5, 0.6) is 5.75 Å². The molecule has 0 N–H and O–H groups in total. The van der Waals surface area contributed by atoms with Gasteiger partial charge in [0.2, 0.25) is 9.04 Å². The monoisotopic (exact) mass is 366 g/mol. The van der Waals surface area contributed by atoms with Crippen molar-refractivity contribution in [3.8, 4) is 5.75 Å². The lowest BCUT2D eigenvalue weighted by atomic mass is 10.1. The van der Waals surface area contributed by atoms with Crippen molar-refractivity contribution in [3.05, 3.63) is 81.5 Å². The van der Waals surface area contributed by atoms with Crippen LogP contribution in [-0.2, 0) is 0 Å². The van der Waals surface area contributed by atoms with E-state index in [2.05, 4.69) is 80.9 Å². The molecule has 0 aliphatic rings. The van der Waals surface area contributed by atoms with Crippen LogP contribution >= 0.6 is 11.3 Å². The number of aliphatic imine (C=N–C) groups is 1. The zero-order chi connectivity index (χ0) is 17.8. The van der Waals surface area contributed by atoms with Crippen LogP contribution in [0.1, 0.15) is 23.0 Å². The minimum Gasteiger partial charge on any atom is -0.546 e. The summed E-state index contributed by atoms with van der Waals surface area (Å²) in [5.41, 5.74) is 5.48. The van der Waals surface area contributed by atoms with Gasteiger partial charge in [-0.2, -0.15) is 0 Å². The van der Waals surface area contributed by atoms with Gasteiger partial charge in [-0.15, -0.1) is 11.3 Å². The van der Waals surface area contributed by atoms with Crippen LogP contribution in [0, 0.1) is 13.8 Å². The van der Waals surface area contributed by atoms with Crippen molar-refractivity contribution >= 4 is 31.8 Å². The summed E-state index contributed by atoms with van der Waals surface area (Å²) in [5, 5.41) is 2.12. The molecule has 4 heteroatoms. The second kappa shape index (κ2) is 7.81. The smallest absolute Gasteiger partial charge is 0.546 e. The second-order valence-electron chi connectivity index (χ2n) is 6.40. The van der Waals surface area contributed by atoms with Crippen LogP contribution < -0.4 is 4.43 Å². The third-order valence-corrected chi connectivity index (χ3v) is 5.58. The Balaban J connectivity index is 0.00000243. The van der Waals surface area contributed by atoms with Crippen molar-refractivity contribution < 1.29 is 5.85 Å². The summed E-state index contributed by atoms with van der Waals surface area (Å²) in [7, 11) is -1.20. The van der Waals surface area contributed by atoms with E-state index in [1.807, 2.05) is 6.07 Å². The van der Waals surface area contributed by atoms with E-state index in [9.17, 15) is 0 Å². The third kappa shape index (κ3) is 4.27. The van der Waals surface area contributed by atoms with Crippen LogP contribution in [0.25, 0.3) is 0 Å². The number of rotatable bonds is 5. The van der Waals surface area contributed by atoms with Gasteiger partial charge in [0.15, 0.2) is 0 Å². The largest absolute Gasteiger partial charge is 1.00 e. The van der Waals surface area contributed by atoms with Crippen LogP contribution in [-0.4, -0.2) is 14.8 Å². The van der Waals surface area contributed by atoms with Crippen LogP contribution in [0.2, 0.25) is 13.1 Å². The number of thiophene rings is 1. The maximum Gasteiger partial charge on any atom is 1.00 e.